The van der Waals surface area contributed by atoms with E-state index in [-0.39, 0.29) is 5.97 Å². The van der Waals surface area contributed by atoms with Crippen LogP contribution in [-0.2, 0) is 4.74 Å². The Bertz CT molecular complexity index is 339. The zero-order valence-electron chi connectivity index (χ0n) is 9.19. The van der Waals surface area contributed by atoms with E-state index < -0.39 is 5.60 Å². The molecule has 0 aliphatic heterocycles. The summed E-state index contributed by atoms with van der Waals surface area (Å²) in [6, 6.07) is 8.98. The summed E-state index contributed by atoms with van der Waals surface area (Å²) < 4.78 is 5.35. The van der Waals surface area contributed by atoms with Crippen LogP contribution in [-0.4, -0.2) is 11.6 Å². The monoisotopic (exact) mass is 204 g/mol. The van der Waals surface area contributed by atoms with Gasteiger partial charge in [-0.3, -0.25) is 0 Å². The lowest BCUT2D eigenvalue weighted by Gasteiger charge is -2.23. The van der Waals surface area contributed by atoms with E-state index in [9.17, 15) is 4.79 Å². The van der Waals surface area contributed by atoms with E-state index in [0.29, 0.717) is 12.0 Å². The summed E-state index contributed by atoms with van der Waals surface area (Å²) in [7, 11) is 0. The molecule has 0 radical (unpaired) electrons. The van der Waals surface area contributed by atoms with Gasteiger partial charge in [-0.15, -0.1) is 6.58 Å². The molecule has 80 valence electrons. The Morgan fingerprint density at radius 1 is 1.40 bits per heavy atom. The second kappa shape index (κ2) is 4.78. The maximum absolute atomic E-state index is 11.7. The lowest BCUT2D eigenvalue weighted by atomic mass is 10.1. The van der Waals surface area contributed by atoms with Crippen LogP contribution in [0.2, 0.25) is 0 Å². The van der Waals surface area contributed by atoms with Crippen LogP contribution in [0.1, 0.15) is 30.6 Å². The van der Waals surface area contributed by atoms with Gasteiger partial charge in [-0.1, -0.05) is 24.3 Å². The zero-order chi connectivity index (χ0) is 11.3. The van der Waals surface area contributed by atoms with E-state index in [1.165, 1.54) is 0 Å². The van der Waals surface area contributed by atoms with Gasteiger partial charge in [0.15, 0.2) is 0 Å². The first kappa shape index (κ1) is 11.5. The van der Waals surface area contributed by atoms with Crippen LogP contribution in [0.4, 0.5) is 0 Å². The van der Waals surface area contributed by atoms with Crippen LogP contribution in [0.5, 0.6) is 0 Å². The molecule has 0 heterocycles. The van der Waals surface area contributed by atoms with Crippen molar-refractivity contribution in [1.29, 1.82) is 0 Å². The van der Waals surface area contributed by atoms with Crippen molar-refractivity contribution >= 4 is 5.97 Å². The van der Waals surface area contributed by atoms with Crippen LogP contribution < -0.4 is 0 Å². The Labute approximate surface area is 90.6 Å². The van der Waals surface area contributed by atoms with E-state index >= 15 is 0 Å². The van der Waals surface area contributed by atoms with Gasteiger partial charge >= 0.3 is 5.97 Å². The molecule has 0 aliphatic rings. The van der Waals surface area contributed by atoms with Crippen molar-refractivity contribution < 1.29 is 9.53 Å². The van der Waals surface area contributed by atoms with Crippen molar-refractivity contribution in [2.24, 2.45) is 0 Å². The molecule has 0 bridgehead atoms. The van der Waals surface area contributed by atoms with Crippen molar-refractivity contribution in [3.63, 3.8) is 0 Å². The summed E-state index contributed by atoms with van der Waals surface area (Å²) in [5.74, 6) is -0.289. The number of carbonyl (C=O) groups excluding carboxylic acids is 1. The molecule has 0 aromatic heterocycles. The molecule has 15 heavy (non-hydrogen) atoms. The maximum atomic E-state index is 11.7. The van der Waals surface area contributed by atoms with Gasteiger partial charge in [0.1, 0.15) is 5.60 Å². The molecule has 1 aromatic rings. The van der Waals surface area contributed by atoms with E-state index in [1.807, 2.05) is 32.0 Å². The minimum absolute atomic E-state index is 0.289. The lowest BCUT2D eigenvalue weighted by molar-refractivity contribution is 0.000464. The predicted molar refractivity (Wildman–Crippen MR) is 60.8 cm³/mol. The Hall–Kier alpha value is -1.57. The van der Waals surface area contributed by atoms with Gasteiger partial charge in [0.25, 0.3) is 0 Å². The van der Waals surface area contributed by atoms with Gasteiger partial charge in [-0.05, 0) is 26.0 Å². The number of rotatable bonds is 4. The van der Waals surface area contributed by atoms with Crippen LogP contribution in [0.15, 0.2) is 43.0 Å². The summed E-state index contributed by atoms with van der Waals surface area (Å²) in [6.45, 7) is 7.38. The van der Waals surface area contributed by atoms with Gasteiger partial charge in [-0.2, -0.15) is 0 Å². The minimum Gasteiger partial charge on any atom is -0.456 e. The molecule has 0 N–H and O–H groups in total. The number of benzene rings is 1. The van der Waals surface area contributed by atoms with Crippen LogP contribution in [0.3, 0.4) is 0 Å². The average molecular weight is 204 g/mol. The fourth-order valence-corrected chi connectivity index (χ4v) is 1.27. The van der Waals surface area contributed by atoms with Crippen LogP contribution in [0, 0.1) is 0 Å². The molecule has 2 nitrogen and oxygen atoms in total. The number of esters is 1. The van der Waals surface area contributed by atoms with E-state index in [2.05, 4.69) is 6.58 Å². The smallest absolute Gasteiger partial charge is 0.338 e. The molecule has 0 amide bonds. The minimum atomic E-state index is -0.491. The normalized spacial score (nSPS) is 10.8. The van der Waals surface area contributed by atoms with Crippen molar-refractivity contribution in [3.8, 4) is 0 Å². The first-order valence-electron chi connectivity index (χ1n) is 4.94. The quantitative estimate of drug-likeness (QED) is 0.556. The highest BCUT2D eigenvalue weighted by molar-refractivity contribution is 5.89. The molecule has 0 unspecified atom stereocenters. The Morgan fingerprint density at radius 2 is 2.00 bits per heavy atom. The Morgan fingerprint density at radius 3 is 2.53 bits per heavy atom. The standard InChI is InChI=1S/C13H16O2/c1-4-10-13(2,3)15-12(14)11-8-6-5-7-9-11/h4-9H,1,10H2,2-3H3. The molecule has 0 saturated carbocycles. The van der Waals surface area contributed by atoms with Gasteiger partial charge in [-0.25, -0.2) is 4.79 Å². The molecule has 0 atom stereocenters. The summed E-state index contributed by atoms with van der Waals surface area (Å²) in [4.78, 5) is 11.7. The van der Waals surface area contributed by atoms with E-state index in [1.54, 1.807) is 18.2 Å². The Kier molecular flexibility index (Phi) is 3.67. The van der Waals surface area contributed by atoms with Crippen LogP contribution in [0.25, 0.3) is 0 Å². The molecule has 1 rings (SSSR count). The Balaban J connectivity index is 2.68. The van der Waals surface area contributed by atoms with Gasteiger partial charge in [0.2, 0.25) is 0 Å². The average Bonchev–Trinajstić information content (AvgIpc) is 2.18. The molecule has 0 aliphatic carbocycles. The van der Waals surface area contributed by atoms with Crippen molar-refractivity contribution in [2.75, 3.05) is 0 Å². The highest BCUT2D eigenvalue weighted by Gasteiger charge is 2.21. The first-order valence-corrected chi connectivity index (χ1v) is 4.94. The number of hydrogen-bond acceptors (Lipinski definition) is 2. The molecule has 1 aromatic carbocycles. The van der Waals surface area contributed by atoms with Gasteiger partial charge in [0.05, 0.1) is 5.56 Å². The van der Waals surface area contributed by atoms with E-state index in [0.717, 1.165) is 0 Å². The molecule has 0 spiro atoms. The van der Waals surface area contributed by atoms with Crippen molar-refractivity contribution in [2.45, 2.75) is 25.9 Å². The van der Waals surface area contributed by atoms with Gasteiger partial charge in [0, 0.05) is 6.42 Å². The molecule has 0 saturated heterocycles. The summed E-state index contributed by atoms with van der Waals surface area (Å²) in [5.41, 5.74) is 0.0870. The second-order valence-corrected chi connectivity index (χ2v) is 4.01. The van der Waals surface area contributed by atoms with Crippen LogP contribution >= 0.6 is 0 Å². The van der Waals surface area contributed by atoms with Gasteiger partial charge < -0.3 is 4.74 Å². The largest absolute Gasteiger partial charge is 0.456 e. The number of carbonyl (C=O) groups is 1. The number of ether oxygens (including phenoxy) is 1. The molecule has 0 fully saturated rings. The highest BCUT2D eigenvalue weighted by Crippen LogP contribution is 2.17. The summed E-state index contributed by atoms with van der Waals surface area (Å²) in [5, 5.41) is 0. The summed E-state index contributed by atoms with van der Waals surface area (Å²) in [6.07, 6.45) is 2.39. The highest BCUT2D eigenvalue weighted by atomic mass is 16.6. The summed E-state index contributed by atoms with van der Waals surface area (Å²) >= 11 is 0. The first-order chi connectivity index (χ1) is 7.05. The molecule has 2 heteroatoms. The van der Waals surface area contributed by atoms with E-state index in [4.69, 9.17) is 4.74 Å². The number of hydrogen-bond donors (Lipinski definition) is 0. The van der Waals surface area contributed by atoms with Crippen molar-refractivity contribution in [1.82, 2.24) is 0 Å². The third kappa shape index (κ3) is 3.58. The fraction of sp³-hybridized carbons (Fsp3) is 0.308. The molecular weight excluding hydrogens is 188 g/mol. The zero-order valence-corrected chi connectivity index (χ0v) is 9.19. The SMILES string of the molecule is C=CCC(C)(C)OC(=O)c1ccccc1. The topological polar surface area (TPSA) is 26.3 Å². The fourth-order valence-electron chi connectivity index (χ4n) is 1.27. The lowest BCUT2D eigenvalue weighted by Crippen LogP contribution is -2.27. The third-order valence-corrected chi connectivity index (χ3v) is 2.01. The third-order valence-electron chi connectivity index (χ3n) is 2.01. The second-order valence-electron chi connectivity index (χ2n) is 4.01. The predicted octanol–water partition coefficient (Wildman–Crippen LogP) is 3.20. The molecular formula is C13H16O2. The maximum Gasteiger partial charge on any atom is 0.338 e. The van der Waals surface area contributed by atoms with Crippen molar-refractivity contribution in [3.05, 3.63) is 48.6 Å².